The zero-order valence-corrected chi connectivity index (χ0v) is 24.2. The van der Waals surface area contributed by atoms with Crippen LogP contribution in [0.3, 0.4) is 0 Å². The van der Waals surface area contributed by atoms with Gasteiger partial charge >= 0.3 is 5.97 Å². The summed E-state index contributed by atoms with van der Waals surface area (Å²) in [7, 11) is 3.61. The van der Waals surface area contributed by atoms with Gasteiger partial charge in [-0.2, -0.15) is 0 Å². The summed E-state index contributed by atoms with van der Waals surface area (Å²) in [4.78, 5) is 13.7. The predicted octanol–water partition coefficient (Wildman–Crippen LogP) is 6.43. The van der Waals surface area contributed by atoms with Gasteiger partial charge in [-0.1, -0.05) is 84.4 Å². The smallest absolute Gasteiger partial charge is 0.333 e. The van der Waals surface area contributed by atoms with Crippen LogP contribution >= 0.6 is 0 Å². The summed E-state index contributed by atoms with van der Waals surface area (Å²) in [5.41, 5.74) is 10.5. The molecule has 5 rings (SSSR count). The molecule has 0 saturated heterocycles. The highest BCUT2D eigenvalue weighted by Gasteiger charge is 2.27. The van der Waals surface area contributed by atoms with Crippen LogP contribution in [0.15, 0.2) is 91.0 Å². The lowest BCUT2D eigenvalue weighted by molar-refractivity contribution is -0.148. The van der Waals surface area contributed by atoms with Crippen molar-refractivity contribution >= 4 is 5.97 Å². The summed E-state index contributed by atoms with van der Waals surface area (Å²) < 4.78 is 11.2. The van der Waals surface area contributed by atoms with Crippen molar-refractivity contribution in [3.05, 3.63) is 136 Å². The summed E-state index contributed by atoms with van der Waals surface area (Å²) in [5, 5.41) is 9.24. The Morgan fingerprint density at radius 2 is 1.61 bits per heavy atom. The third-order valence-electron chi connectivity index (χ3n) is 8.07. The molecule has 2 atom stereocenters. The molecule has 4 aromatic carbocycles. The van der Waals surface area contributed by atoms with Crippen LogP contribution in [0, 0.1) is 6.92 Å². The lowest BCUT2D eigenvalue weighted by Gasteiger charge is -2.31. The van der Waals surface area contributed by atoms with Crippen LogP contribution in [0.4, 0.5) is 0 Å². The highest BCUT2D eigenvalue weighted by Crippen LogP contribution is 2.37. The number of ether oxygens (including phenoxy) is 2. The molecule has 0 heterocycles. The number of benzene rings is 4. The van der Waals surface area contributed by atoms with E-state index in [0.29, 0.717) is 13.0 Å². The van der Waals surface area contributed by atoms with Gasteiger partial charge in [0.25, 0.3) is 0 Å². The minimum absolute atomic E-state index is 0.154. The van der Waals surface area contributed by atoms with E-state index in [1.807, 2.05) is 24.3 Å². The van der Waals surface area contributed by atoms with Crippen molar-refractivity contribution in [3.63, 3.8) is 0 Å². The minimum atomic E-state index is -0.958. The molecule has 212 valence electrons. The first-order valence-electron chi connectivity index (χ1n) is 14.3. The maximum atomic E-state index is 11.3. The Kier molecular flexibility index (Phi) is 9.17. The number of aryl methyl sites for hydroxylation is 3. The second-order valence-corrected chi connectivity index (χ2v) is 11.0. The number of carboxylic acids is 1. The molecule has 41 heavy (non-hydrogen) atoms. The average Bonchev–Trinajstić information content (AvgIpc) is 3.13. The molecule has 0 aliphatic heterocycles. The number of fused-ring (bicyclic) bond motifs is 2. The van der Waals surface area contributed by atoms with Gasteiger partial charge in [-0.05, 0) is 84.3 Å². The third kappa shape index (κ3) is 7.05. The van der Waals surface area contributed by atoms with E-state index in [1.165, 1.54) is 46.1 Å². The second kappa shape index (κ2) is 13.2. The Morgan fingerprint density at radius 3 is 2.34 bits per heavy atom. The fourth-order valence-electron chi connectivity index (χ4n) is 5.84. The van der Waals surface area contributed by atoms with E-state index in [-0.39, 0.29) is 6.04 Å². The predicted molar refractivity (Wildman–Crippen MR) is 163 cm³/mol. The molecule has 0 saturated carbocycles. The van der Waals surface area contributed by atoms with Crippen molar-refractivity contribution in [2.24, 2.45) is 0 Å². The van der Waals surface area contributed by atoms with Crippen LogP contribution in [0.1, 0.15) is 50.5 Å². The number of rotatable bonds is 11. The van der Waals surface area contributed by atoms with E-state index in [9.17, 15) is 9.90 Å². The van der Waals surface area contributed by atoms with Crippen molar-refractivity contribution in [1.29, 1.82) is 0 Å². The minimum Gasteiger partial charge on any atom is -0.492 e. The maximum Gasteiger partial charge on any atom is 0.333 e. The van der Waals surface area contributed by atoms with E-state index in [4.69, 9.17) is 9.47 Å². The first-order chi connectivity index (χ1) is 19.9. The molecule has 0 fully saturated rings. The van der Waals surface area contributed by atoms with Crippen LogP contribution < -0.4 is 4.74 Å². The Bertz CT molecular complexity index is 1470. The van der Waals surface area contributed by atoms with Crippen LogP contribution in [0.25, 0.3) is 0 Å². The first-order valence-corrected chi connectivity index (χ1v) is 14.3. The van der Waals surface area contributed by atoms with Gasteiger partial charge < -0.3 is 14.6 Å². The van der Waals surface area contributed by atoms with Gasteiger partial charge in [0.2, 0.25) is 0 Å². The third-order valence-corrected chi connectivity index (χ3v) is 8.07. The normalized spacial score (nSPS) is 15.1. The van der Waals surface area contributed by atoms with Crippen LogP contribution in [0.5, 0.6) is 5.75 Å². The van der Waals surface area contributed by atoms with Gasteiger partial charge in [0.1, 0.15) is 12.4 Å². The quantitative estimate of drug-likeness (QED) is 0.234. The largest absolute Gasteiger partial charge is 0.492 e. The number of hydrogen-bond acceptors (Lipinski definition) is 4. The monoisotopic (exact) mass is 549 g/mol. The lowest BCUT2D eigenvalue weighted by Crippen LogP contribution is -2.30. The topological polar surface area (TPSA) is 59.0 Å². The molecule has 5 heteroatoms. The second-order valence-electron chi connectivity index (χ2n) is 11.0. The molecule has 5 nitrogen and oxygen atoms in total. The molecular formula is C36H39NO4. The summed E-state index contributed by atoms with van der Waals surface area (Å²) in [6.07, 6.45) is 2.49. The van der Waals surface area contributed by atoms with Gasteiger partial charge in [-0.3, -0.25) is 4.90 Å². The Hall–Kier alpha value is -3.93. The highest BCUT2D eigenvalue weighted by atomic mass is 16.5. The average molecular weight is 550 g/mol. The van der Waals surface area contributed by atoms with Crippen molar-refractivity contribution in [2.45, 2.75) is 44.8 Å². The molecule has 0 spiro atoms. The fourth-order valence-corrected chi connectivity index (χ4v) is 5.84. The Balaban J connectivity index is 1.31. The molecular weight excluding hydrogens is 510 g/mol. The van der Waals surface area contributed by atoms with E-state index in [2.05, 4.69) is 85.6 Å². The number of carboxylic acid groups (broad SMARTS) is 1. The Labute approximate surface area is 243 Å². The first kappa shape index (κ1) is 28.6. The molecule has 1 aliphatic rings. The molecule has 0 aromatic heterocycles. The molecule has 0 amide bonds. The SMILES string of the molecule is COC(Cc1ccc(OCCN(C)C2c3ccc(Cc4ccccc4)cc3CCc3ccc(C)cc32)cc1)C(=O)O. The molecule has 0 radical (unpaired) electrons. The van der Waals surface area contributed by atoms with Crippen molar-refractivity contribution in [3.8, 4) is 5.75 Å². The number of aliphatic carboxylic acids is 1. The van der Waals surface area contributed by atoms with Crippen molar-refractivity contribution in [2.75, 3.05) is 27.3 Å². The van der Waals surface area contributed by atoms with Gasteiger partial charge in [0.05, 0.1) is 6.04 Å². The Morgan fingerprint density at radius 1 is 0.878 bits per heavy atom. The number of likely N-dealkylation sites (N-methyl/N-ethyl adjacent to an activating group) is 1. The zero-order chi connectivity index (χ0) is 28.8. The van der Waals surface area contributed by atoms with Crippen molar-refractivity contribution in [1.82, 2.24) is 4.90 Å². The molecule has 1 aliphatic carbocycles. The summed E-state index contributed by atoms with van der Waals surface area (Å²) in [6.45, 7) is 3.48. The van der Waals surface area contributed by atoms with E-state index >= 15 is 0 Å². The van der Waals surface area contributed by atoms with Gasteiger partial charge in [-0.15, -0.1) is 0 Å². The van der Waals surface area contributed by atoms with Crippen molar-refractivity contribution < 1.29 is 19.4 Å². The molecule has 0 bridgehead atoms. The van der Waals surface area contributed by atoms with Gasteiger partial charge in [0.15, 0.2) is 6.10 Å². The van der Waals surface area contributed by atoms with E-state index in [1.54, 1.807) is 0 Å². The van der Waals surface area contributed by atoms with Crippen LogP contribution in [-0.4, -0.2) is 49.4 Å². The number of nitrogens with zero attached hydrogens (tertiary/aromatic N) is 1. The standard InChI is InChI=1S/C36H39NO4/c1-25-9-13-29-14-15-30-23-28(22-26-7-5-4-6-8-26)12-18-32(30)35(33(29)21-25)37(2)19-20-41-31-16-10-27(11-17-31)24-34(40-3)36(38)39/h4-13,16-18,21,23,34-35H,14-15,19-20,22,24H2,1-3H3,(H,38,39). The summed E-state index contributed by atoms with van der Waals surface area (Å²) in [5.74, 6) is -0.186. The fraction of sp³-hybridized carbons (Fsp3) is 0.306. The van der Waals surface area contributed by atoms with E-state index < -0.39 is 12.1 Å². The number of carbonyl (C=O) groups is 1. The number of methoxy groups -OCH3 is 1. The molecule has 4 aromatic rings. The van der Waals surface area contributed by atoms with Gasteiger partial charge in [-0.25, -0.2) is 4.79 Å². The molecule has 1 N–H and O–H groups in total. The maximum absolute atomic E-state index is 11.3. The van der Waals surface area contributed by atoms with Gasteiger partial charge in [0, 0.05) is 20.1 Å². The highest BCUT2D eigenvalue weighted by molar-refractivity contribution is 5.72. The summed E-state index contributed by atoms with van der Waals surface area (Å²) in [6, 6.07) is 32.4. The lowest BCUT2D eigenvalue weighted by atomic mass is 9.91. The summed E-state index contributed by atoms with van der Waals surface area (Å²) >= 11 is 0. The molecule has 2 unspecified atom stereocenters. The number of hydrogen-bond donors (Lipinski definition) is 1. The van der Waals surface area contributed by atoms with Crippen LogP contribution in [-0.2, 0) is 35.2 Å². The van der Waals surface area contributed by atoms with E-state index in [0.717, 1.165) is 37.1 Å². The van der Waals surface area contributed by atoms with Crippen LogP contribution in [0.2, 0.25) is 0 Å². The zero-order valence-electron chi connectivity index (χ0n) is 24.2.